The second-order valence-electron chi connectivity index (χ2n) is 2.40. The van der Waals surface area contributed by atoms with Crippen LogP contribution in [0.3, 0.4) is 0 Å². The molecule has 0 unspecified atom stereocenters. The van der Waals surface area contributed by atoms with E-state index >= 15 is 0 Å². The summed E-state index contributed by atoms with van der Waals surface area (Å²) < 4.78 is 5.28. The quantitative estimate of drug-likeness (QED) is 0.421. The van der Waals surface area contributed by atoms with E-state index in [0.29, 0.717) is 0 Å². The molecule has 0 rings (SSSR count). The van der Waals surface area contributed by atoms with E-state index in [2.05, 4.69) is 26.6 Å². The van der Waals surface area contributed by atoms with Gasteiger partial charge in [-0.15, -0.1) is 0 Å². The predicted molar refractivity (Wildman–Crippen MR) is 39.2 cm³/mol. The van der Waals surface area contributed by atoms with Gasteiger partial charge >= 0.3 is 0 Å². The van der Waals surface area contributed by atoms with Crippen LogP contribution in [-0.4, -0.2) is 8.32 Å². The molecular formula is C6H14OSi. The Bertz CT molecular complexity index is 78.6. The van der Waals surface area contributed by atoms with Crippen LogP contribution in [-0.2, 0) is 4.43 Å². The van der Waals surface area contributed by atoms with Crippen molar-refractivity contribution in [2.24, 2.45) is 0 Å². The molecule has 0 N–H and O–H groups in total. The van der Waals surface area contributed by atoms with E-state index in [9.17, 15) is 0 Å². The van der Waals surface area contributed by atoms with E-state index in [-0.39, 0.29) is 0 Å². The van der Waals surface area contributed by atoms with Crippen LogP contribution in [0.2, 0.25) is 19.1 Å². The second-order valence-corrected chi connectivity index (χ2v) is 6.86. The van der Waals surface area contributed by atoms with Gasteiger partial charge in [-0.05, 0) is 19.1 Å². The number of hydrogen-bond acceptors (Lipinski definition) is 1. The first-order valence-corrected chi connectivity index (χ1v) is 6.02. The van der Waals surface area contributed by atoms with Crippen molar-refractivity contribution in [3.63, 3.8) is 0 Å². The van der Waals surface area contributed by atoms with Crippen LogP contribution in [0.15, 0.2) is 12.8 Å². The molecule has 0 saturated heterocycles. The van der Waals surface area contributed by atoms with Crippen LogP contribution in [0.1, 0.15) is 6.92 Å². The summed E-state index contributed by atoms with van der Waals surface area (Å²) in [6.07, 6.45) is 1.55. The third-order valence-corrected chi connectivity index (χ3v) is 3.76. The van der Waals surface area contributed by atoms with E-state index in [4.69, 9.17) is 4.43 Å². The molecule has 0 bridgehead atoms. The zero-order valence-corrected chi connectivity index (χ0v) is 6.90. The smallest absolute Gasteiger partial charge is 0.244 e. The molecule has 0 amide bonds. The van der Waals surface area contributed by atoms with Gasteiger partial charge in [-0.2, -0.15) is 0 Å². The van der Waals surface area contributed by atoms with Crippen molar-refractivity contribution in [1.82, 2.24) is 0 Å². The van der Waals surface area contributed by atoms with Crippen LogP contribution < -0.4 is 0 Å². The lowest BCUT2D eigenvalue weighted by Gasteiger charge is -2.17. The topological polar surface area (TPSA) is 9.23 Å². The summed E-state index contributed by atoms with van der Waals surface area (Å²) in [5.41, 5.74) is 0. The summed E-state index contributed by atoms with van der Waals surface area (Å²) in [6.45, 7) is 10.0. The molecule has 0 aliphatic carbocycles. The lowest BCUT2D eigenvalue weighted by molar-refractivity contribution is 0.475. The van der Waals surface area contributed by atoms with Crippen molar-refractivity contribution < 1.29 is 4.43 Å². The maximum absolute atomic E-state index is 5.28. The molecule has 0 fully saturated rings. The highest BCUT2D eigenvalue weighted by Gasteiger charge is 2.18. The van der Waals surface area contributed by atoms with Gasteiger partial charge in [0, 0.05) is 0 Å². The first-order valence-electron chi connectivity index (χ1n) is 2.91. The van der Waals surface area contributed by atoms with Gasteiger partial charge < -0.3 is 4.43 Å². The van der Waals surface area contributed by atoms with Gasteiger partial charge in [0.25, 0.3) is 0 Å². The maximum Gasteiger partial charge on any atom is 0.244 e. The Kier molecular flexibility index (Phi) is 2.83. The summed E-state index contributed by atoms with van der Waals surface area (Å²) in [4.78, 5) is 0. The third kappa shape index (κ3) is 2.85. The van der Waals surface area contributed by atoms with Crippen LogP contribution >= 0.6 is 0 Å². The van der Waals surface area contributed by atoms with Gasteiger partial charge in [0.05, 0.1) is 6.26 Å². The van der Waals surface area contributed by atoms with Crippen LogP contribution in [0.25, 0.3) is 0 Å². The van der Waals surface area contributed by atoms with E-state index in [1.807, 2.05) is 0 Å². The van der Waals surface area contributed by atoms with Gasteiger partial charge in [-0.25, -0.2) is 0 Å². The Hall–Kier alpha value is -0.243. The summed E-state index contributed by atoms with van der Waals surface area (Å²) in [5, 5.41) is 0. The minimum atomic E-state index is -1.30. The highest BCUT2D eigenvalue weighted by atomic mass is 28.4. The second kappa shape index (κ2) is 2.92. The van der Waals surface area contributed by atoms with Crippen LogP contribution in [0.5, 0.6) is 0 Å². The number of hydrogen-bond donors (Lipinski definition) is 0. The molecule has 0 saturated carbocycles. The van der Waals surface area contributed by atoms with Crippen molar-refractivity contribution in [3.8, 4) is 0 Å². The summed E-state index contributed by atoms with van der Waals surface area (Å²) >= 11 is 0. The van der Waals surface area contributed by atoms with Gasteiger partial charge in [0.15, 0.2) is 0 Å². The highest BCUT2D eigenvalue weighted by Crippen LogP contribution is 2.08. The minimum Gasteiger partial charge on any atom is -0.550 e. The Morgan fingerprint density at radius 2 is 2.12 bits per heavy atom. The van der Waals surface area contributed by atoms with E-state index in [0.717, 1.165) is 6.04 Å². The first kappa shape index (κ1) is 7.76. The Labute approximate surface area is 52.5 Å². The van der Waals surface area contributed by atoms with Crippen molar-refractivity contribution in [3.05, 3.63) is 12.8 Å². The molecule has 0 heterocycles. The standard InChI is InChI=1S/C6H14OSi/c1-5-7-8(3,4)6-2/h5H,1,6H2,2-4H3. The van der Waals surface area contributed by atoms with E-state index < -0.39 is 8.32 Å². The Balaban J connectivity index is 3.53. The average Bonchev–Trinajstić information content (AvgIpc) is 1.67. The van der Waals surface area contributed by atoms with Gasteiger partial charge in [-0.3, -0.25) is 0 Å². The molecule has 0 radical (unpaired) electrons. The number of rotatable bonds is 3. The van der Waals surface area contributed by atoms with Crippen molar-refractivity contribution in [2.75, 3.05) is 0 Å². The van der Waals surface area contributed by atoms with Crippen molar-refractivity contribution in [1.29, 1.82) is 0 Å². The fourth-order valence-electron chi connectivity index (χ4n) is 0.309. The van der Waals surface area contributed by atoms with Gasteiger partial charge in [0.1, 0.15) is 0 Å². The molecule has 0 aliphatic heterocycles. The third-order valence-electron chi connectivity index (χ3n) is 1.25. The fraction of sp³-hybridized carbons (Fsp3) is 0.667. The fourth-order valence-corrected chi connectivity index (χ4v) is 0.927. The first-order chi connectivity index (χ1) is 3.62. The van der Waals surface area contributed by atoms with Crippen molar-refractivity contribution in [2.45, 2.75) is 26.1 Å². The SMILES string of the molecule is C=CO[Si](C)(C)CC. The van der Waals surface area contributed by atoms with Crippen LogP contribution in [0, 0.1) is 0 Å². The van der Waals surface area contributed by atoms with E-state index in [1.54, 1.807) is 6.26 Å². The molecule has 2 heteroatoms. The summed E-state index contributed by atoms with van der Waals surface area (Å²) in [6, 6.07) is 1.15. The zero-order valence-electron chi connectivity index (χ0n) is 5.90. The van der Waals surface area contributed by atoms with Crippen molar-refractivity contribution >= 4 is 8.32 Å². The summed E-state index contributed by atoms with van der Waals surface area (Å²) in [5.74, 6) is 0. The summed E-state index contributed by atoms with van der Waals surface area (Å²) in [7, 11) is -1.30. The molecule has 48 valence electrons. The molecule has 8 heavy (non-hydrogen) atoms. The monoisotopic (exact) mass is 130 g/mol. The lowest BCUT2D eigenvalue weighted by atomic mass is 11.0. The zero-order chi connectivity index (χ0) is 6.62. The molecule has 1 nitrogen and oxygen atoms in total. The maximum atomic E-state index is 5.28. The molecule has 0 aromatic heterocycles. The molecule has 0 aromatic carbocycles. The molecule has 0 aromatic rings. The van der Waals surface area contributed by atoms with Gasteiger partial charge in [-0.1, -0.05) is 13.5 Å². The lowest BCUT2D eigenvalue weighted by Crippen LogP contribution is -2.25. The molecule has 0 spiro atoms. The molecular weight excluding hydrogens is 116 g/mol. The minimum absolute atomic E-state index is 1.15. The average molecular weight is 130 g/mol. The van der Waals surface area contributed by atoms with Crippen LogP contribution in [0.4, 0.5) is 0 Å². The normalized spacial score (nSPS) is 10.9. The predicted octanol–water partition coefficient (Wildman–Crippen LogP) is 2.37. The molecule has 0 atom stereocenters. The molecule has 0 aliphatic rings. The largest absolute Gasteiger partial charge is 0.550 e. The van der Waals surface area contributed by atoms with Gasteiger partial charge in [0.2, 0.25) is 8.32 Å². The Morgan fingerprint density at radius 1 is 1.62 bits per heavy atom. The Morgan fingerprint density at radius 3 is 2.25 bits per heavy atom. The van der Waals surface area contributed by atoms with E-state index in [1.165, 1.54) is 0 Å². The highest BCUT2D eigenvalue weighted by molar-refractivity contribution is 6.71.